The quantitative estimate of drug-likeness (QED) is 0.221. The number of esters is 1. The first kappa shape index (κ1) is 26.1. The molecule has 3 aromatic rings. The topological polar surface area (TPSA) is 63.2 Å². The molecular formula is C32H36O6. The Labute approximate surface area is 224 Å². The molecule has 2 aliphatic rings. The molecule has 1 heterocycles. The highest BCUT2D eigenvalue weighted by Crippen LogP contribution is 2.39. The summed E-state index contributed by atoms with van der Waals surface area (Å²) >= 11 is 0. The Morgan fingerprint density at radius 2 is 1.76 bits per heavy atom. The van der Waals surface area contributed by atoms with E-state index in [4.69, 9.17) is 23.7 Å². The molecule has 1 aliphatic carbocycles. The number of methoxy groups -OCH3 is 1. The van der Waals surface area contributed by atoms with E-state index in [9.17, 15) is 4.79 Å². The first-order valence-electron chi connectivity index (χ1n) is 13.6. The number of carbonyl (C=O) groups excluding carboxylic acids is 1. The second kappa shape index (κ2) is 12.4. The fourth-order valence-electron chi connectivity index (χ4n) is 5.29. The molecule has 0 N–H and O–H groups in total. The summed E-state index contributed by atoms with van der Waals surface area (Å²) in [5.41, 5.74) is 7.52. The van der Waals surface area contributed by atoms with Gasteiger partial charge in [-0.1, -0.05) is 24.3 Å². The minimum Gasteiger partial charge on any atom is -0.493 e. The lowest BCUT2D eigenvalue weighted by atomic mass is 9.95. The lowest BCUT2D eigenvalue weighted by Crippen LogP contribution is -2.06. The van der Waals surface area contributed by atoms with Gasteiger partial charge in [0.2, 0.25) is 0 Å². The van der Waals surface area contributed by atoms with E-state index in [1.807, 2.05) is 19.1 Å². The van der Waals surface area contributed by atoms with Crippen LogP contribution >= 0.6 is 0 Å². The molecule has 200 valence electrons. The van der Waals surface area contributed by atoms with Crippen LogP contribution in [0.1, 0.15) is 54.4 Å². The van der Waals surface area contributed by atoms with Crippen LogP contribution < -0.4 is 14.2 Å². The van der Waals surface area contributed by atoms with Crippen molar-refractivity contribution in [2.24, 2.45) is 0 Å². The van der Waals surface area contributed by atoms with Crippen LogP contribution in [0.5, 0.6) is 17.2 Å². The van der Waals surface area contributed by atoms with Gasteiger partial charge in [-0.25, -0.2) is 0 Å². The van der Waals surface area contributed by atoms with Crippen molar-refractivity contribution >= 4 is 5.97 Å². The van der Waals surface area contributed by atoms with Crippen molar-refractivity contribution in [1.29, 1.82) is 0 Å². The Kier molecular flexibility index (Phi) is 8.49. The highest BCUT2D eigenvalue weighted by Gasteiger charge is 2.25. The lowest BCUT2D eigenvalue weighted by Gasteiger charge is -2.14. The zero-order valence-corrected chi connectivity index (χ0v) is 22.3. The average molecular weight is 517 g/mol. The van der Waals surface area contributed by atoms with Crippen LogP contribution in [-0.2, 0) is 33.7 Å². The lowest BCUT2D eigenvalue weighted by molar-refractivity contribution is -0.140. The van der Waals surface area contributed by atoms with Gasteiger partial charge in [0, 0.05) is 30.6 Å². The summed E-state index contributed by atoms with van der Waals surface area (Å²) < 4.78 is 28.1. The van der Waals surface area contributed by atoms with Crippen LogP contribution in [0.4, 0.5) is 0 Å². The van der Waals surface area contributed by atoms with Crippen LogP contribution in [0.2, 0.25) is 0 Å². The van der Waals surface area contributed by atoms with Gasteiger partial charge in [-0.15, -0.1) is 0 Å². The predicted molar refractivity (Wildman–Crippen MR) is 146 cm³/mol. The van der Waals surface area contributed by atoms with E-state index < -0.39 is 0 Å². The minimum absolute atomic E-state index is 0.187. The third-order valence-corrected chi connectivity index (χ3v) is 7.33. The first-order chi connectivity index (χ1) is 18.6. The first-order valence-corrected chi connectivity index (χ1v) is 13.6. The molecule has 0 saturated heterocycles. The van der Waals surface area contributed by atoms with E-state index in [1.165, 1.54) is 29.4 Å². The number of carbonyl (C=O) groups is 1. The Morgan fingerprint density at radius 3 is 2.63 bits per heavy atom. The fourth-order valence-corrected chi connectivity index (χ4v) is 5.29. The fraction of sp³-hybridized carbons (Fsp3) is 0.406. The molecule has 0 spiro atoms. The minimum atomic E-state index is -0.187. The summed E-state index contributed by atoms with van der Waals surface area (Å²) in [4.78, 5) is 11.5. The van der Waals surface area contributed by atoms with E-state index in [0.29, 0.717) is 39.5 Å². The summed E-state index contributed by atoms with van der Waals surface area (Å²) in [5.74, 6) is 2.54. The van der Waals surface area contributed by atoms with Gasteiger partial charge in [0.15, 0.2) is 0 Å². The van der Waals surface area contributed by atoms with E-state index in [2.05, 4.69) is 42.5 Å². The molecule has 6 heteroatoms. The van der Waals surface area contributed by atoms with E-state index in [-0.39, 0.29) is 11.9 Å². The summed E-state index contributed by atoms with van der Waals surface area (Å²) in [7, 11) is 1.42. The zero-order valence-electron chi connectivity index (χ0n) is 22.3. The number of benzene rings is 3. The second-order valence-electron chi connectivity index (χ2n) is 9.82. The maximum Gasteiger partial charge on any atom is 0.305 e. The molecule has 1 aliphatic heterocycles. The van der Waals surface area contributed by atoms with Crippen LogP contribution in [0.15, 0.2) is 54.6 Å². The van der Waals surface area contributed by atoms with Gasteiger partial charge in [0.05, 0.1) is 20.3 Å². The van der Waals surface area contributed by atoms with E-state index in [1.54, 1.807) is 0 Å². The number of fused-ring (bicyclic) bond motifs is 4. The third kappa shape index (κ3) is 6.13. The summed E-state index contributed by atoms with van der Waals surface area (Å²) in [6.07, 6.45) is 4.33. The Bertz CT molecular complexity index is 1270. The van der Waals surface area contributed by atoms with Crippen molar-refractivity contribution in [2.75, 3.05) is 33.5 Å². The van der Waals surface area contributed by atoms with Gasteiger partial charge in [-0.2, -0.15) is 0 Å². The summed E-state index contributed by atoms with van der Waals surface area (Å²) in [5, 5.41) is 0. The summed E-state index contributed by atoms with van der Waals surface area (Å²) in [6.45, 7) is 4.92. The maximum absolute atomic E-state index is 11.5. The van der Waals surface area contributed by atoms with Crippen LogP contribution in [0.25, 0.3) is 11.1 Å². The van der Waals surface area contributed by atoms with E-state index >= 15 is 0 Å². The number of aryl methyl sites for hydroxylation is 2. The Balaban J connectivity index is 1.25. The van der Waals surface area contributed by atoms with Crippen molar-refractivity contribution in [3.05, 3.63) is 76.9 Å². The highest BCUT2D eigenvalue weighted by atomic mass is 16.5. The average Bonchev–Trinajstić information content (AvgIpc) is 3.26. The SMILES string of the molecule is CCOCCOc1ccc2c(c1)CCCc1ccc(COc3ccc4c(c3)OC[C@H]4CCC(=O)OC)cc1-2. The molecule has 6 nitrogen and oxygen atoms in total. The summed E-state index contributed by atoms with van der Waals surface area (Å²) in [6, 6.07) is 19.1. The van der Waals surface area contributed by atoms with Gasteiger partial charge in [-0.3, -0.25) is 4.79 Å². The van der Waals surface area contributed by atoms with Crippen molar-refractivity contribution in [3.63, 3.8) is 0 Å². The molecule has 38 heavy (non-hydrogen) atoms. The molecule has 0 amide bonds. The standard InChI is InChI=1S/C32H36O6/c1-3-35-15-16-36-26-10-12-28-24(18-26)6-4-5-23-8-7-22(17-30(23)28)20-37-27-11-13-29-25(9-14-32(33)34-2)21-38-31(29)19-27/h7-8,10-13,17-19,25H,3-6,9,14-16,20-21H2,1-2H3/t25-/m1/s1. The molecule has 0 fully saturated rings. The van der Waals surface area contributed by atoms with Crippen molar-refractivity contribution in [3.8, 4) is 28.4 Å². The number of rotatable bonds is 11. The second-order valence-corrected chi connectivity index (χ2v) is 9.82. The van der Waals surface area contributed by atoms with E-state index in [0.717, 1.165) is 54.1 Å². The normalized spacial score (nSPS) is 15.5. The largest absolute Gasteiger partial charge is 0.493 e. The van der Waals surface area contributed by atoms with Gasteiger partial charge in [0.1, 0.15) is 30.5 Å². The van der Waals surface area contributed by atoms with Gasteiger partial charge in [0.25, 0.3) is 0 Å². The molecule has 0 unspecified atom stereocenters. The highest BCUT2D eigenvalue weighted by molar-refractivity contribution is 5.73. The Morgan fingerprint density at radius 1 is 0.921 bits per heavy atom. The molecule has 0 aromatic heterocycles. The van der Waals surface area contributed by atoms with Gasteiger partial charge < -0.3 is 23.7 Å². The Hall–Kier alpha value is -3.51. The smallest absolute Gasteiger partial charge is 0.305 e. The zero-order chi connectivity index (χ0) is 26.3. The maximum atomic E-state index is 11.5. The molecule has 0 bridgehead atoms. The monoisotopic (exact) mass is 516 g/mol. The van der Waals surface area contributed by atoms with Crippen LogP contribution in [-0.4, -0.2) is 39.5 Å². The molecule has 0 saturated carbocycles. The molecule has 1 atom stereocenters. The van der Waals surface area contributed by atoms with Gasteiger partial charge >= 0.3 is 5.97 Å². The number of hydrogen-bond acceptors (Lipinski definition) is 6. The van der Waals surface area contributed by atoms with Crippen LogP contribution in [0, 0.1) is 0 Å². The number of hydrogen-bond donors (Lipinski definition) is 0. The number of ether oxygens (including phenoxy) is 5. The van der Waals surface area contributed by atoms with Gasteiger partial charge in [-0.05, 0) is 84.7 Å². The van der Waals surface area contributed by atoms with Crippen molar-refractivity contribution in [1.82, 2.24) is 0 Å². The van der Waals surface area contributed by atoms with Crippen molar-refractivity contribution < 1.29 is 28.5 Å². The van der Waals surface area contributed by atoms with Crippen LogP contribution in [0.3, 0.4) is 0 Å². The third-order valence-electron chi connectivity index (χ3n) is 7.33. The molecule has 0 radical (unpaired) electrons. The van der Waals surface area contributed by atoms with Crippen molar-refractivity contribution in [2.45, 2.75) is 51.6 Å². The molecule has 5 rings (SSSR count). The molecular weight excluding hydrogens is 480 g/mol. The molecule has 3 aromatic carbocycles. The predicted octanol–water partition coefficient (Wildman–Crippen LogP) is 6.27.